The van der Waals surface area contributed by atoms with Crippen molar-refractivity contribution in [1.82, 2.24) is 24.9 Å². The van der Waals surface area contributed by atoms with E-state index in [9.17, 15) is 28.8 Å². The highest BCUT2D eigenvalue weighted by atomic mass is 16.2. The molecule has 0 unspecified atom stereocenters. The molecule has 0 bridgehead atoms. The zero-order chi connectivity index (χ0) is 29.8. The zero-order valence-corrected chi connectivity index (χ0v) is 24.3. The van der Waals surface area contributed by atoms with Crippen molar-refractivity contribution in [3.05, 3.63) is 35.9 Å². The lowest BCUT2D eigenvalue weighted by Crippen LogP contribution is -2.58. The van der Waals surface area contributed by atoms with Crippen molar-refractivity contribution >= 4 is 35.8 Å². The highest BCUT2D eigenvalue weighted by Crippen LogP contribution is 2.30. The van der Waals surface area contributed by atoms with Crippen LogP contribution in [0.3, 0.4) is 0 Å². The molecule has 5 amide bonds. The molecule has 5 rings (SSSR count). The van der Waals surface area contributed by atoms with Gasteiger partial charge in [-0.2, -0.15) is 0 Å². The van der Waals surface area contributed by atoms with Gasteiger partial charge in [0.15, 0.2) is 0 Å². The predicted octanol–water partition coefficient (Wildman–Crippen LogP) is 0.897. The van der Waals surface area contributed by atoms with Gasteiger partial charge in [0.25, 0.3) is 0 Å². The average Bonchev–Trinajstić information content (AvgIpc) is 3.81. The van der Waals surface area contributed by atoms with Crippen LogP contribution in [0.2, 0.25) is 0 Å². The number of nitrogens with zero attached hydrogens (tertiary/aromatic N) is 4. The van der Waals surface area contributed by atoms with Gasteiger partial charge >= 0.3 is 0 Å². The third kappa shape index (κ3) is 6.05. The van der Waals surface area contributed by atoms with Crippen molar-refractivity contribution in [2.45, 2.75) is 94.9 Å². The van der Waals surface area contributed by atoms with Crippen LogP contribution in [-0.4, -0.2) is 112 Å². The Hall–Kier alpha value is -3.76. The Kier molecular flexibility index (Phi) is 9.23. The number of aldehydes is 1. The molecule has 0 saturated carbocycles. The number of nitrogens with one attached hydrogen (secondary N) is 1. The monoisotopic (exact) mass is 579 g/mol. The number of carbonyl (C=O) groups excluding carboxylic acids is 6. The van der Waals surface area contributed by atoms with E-state index in [1.807, 2.05) is 30.3 Å². The second-order valence-corrected chi connectivity index (χ2v) is 11.9. The van der Waals surface area contributed by atoms with Gasteiger partial charge in [0, 0.05) is 39.5 Å². The van der Waals surface area contributed by atoms with Gasteiger partial charge in [-0.25, -0.2) is 0 Å². The number of likely N-dealkylation sites (tertiary alicyclic amines) is 4. The minimum Gasteiger partial charge on any atom is -0.344 e. The normalized spacial score (nSPS) is 26.4. The van der Waals surface area contributed by atoms with Crippen molar-refractivity contribution in [3.63, 3.8) is 0 Å². The summed E-state index contributed by atoms with van der Waals surface area (Å²) in [5.74, 6) is -1.27. The zero-order valence-electron chi connectivity index (χ0n) is 24.3. The van der Waals surface area contributed by atoms with Crippen molar-refractivity contribution in [2.24, 2.45) is 0 Å². The van der Waals surface area contributed by atoms with E-state index in [-0.39, 0.29) is 29.5 Å². The molecule has 0 radical (unpaired) electrons. The van der Waals surface area contributed by atoms with E-state index in [0.717, 1.165) is 18.3 Å². The van der Waals surface area contributed by atoms with Crippen LogP contribution in [0.25, 0.3) is 0 Å². The molecule has 1 N–H and O–H groups in total. The summed E-state index contributed by atoms with van der Waals surface area (Å²) in [5, 5.41) is 2.77. The first kappa shape index (κ1) is 29.7. The number of amides is 5. The molecule has 226 valence electrons. The van der Waals surface area contributed by atoms with Crippen molar-refractivity contribution in [3.8, 4) is 0 Å². The molecular weight excluding hydrogens is 538 g/mol. The molecule has 0 aromatic heterocycles. The number of benzene rings is 1. The highest BCUT2D eigenvalue weighted by molar-refractivity contribution is 5.96. The second-order valence-electron chi connectivity index (χ2n) is 11.9. The first-order valence-corrected chi connectivity index (χ1v) is 15.3. The summed E-state index contributed by atoms with van der Waals surface area (Å²) in [7, 11) is 0. The molecule has 4 fully saturated rings. The van der Waals surface area contributed by atoms with Gasteiger partial charge in [-0.05, 0) is 56.9 Å². The van der Waals surface area contributed by atoms with Crippen LogP contribution in [0.4, 0.5) is 0 Å². The SMILES string of the molecule is CC(=O)N[C@@H](Cc1ccccc1)C(=O)N1CCC[C@H]1C(=O)N1CCC[C@H]1C(=O)N1CCC[C@H]1C(=O)N1CCC[C@H]1C=O. The molecule has 11 nitrogen and oxygen atoms in total. The van der Waals surface area contributed by atoms with E-state index in [1.54, 1.807) is 19.6 Å². The maximum Gasteiger partial charge on any atom is 0.246 e. The Morgan fingerprint density at radius 2 is 1.21 bits per heavy atom. The standard InChI is InChI=1S/C31H41N5O6/c1-21(38)32-24(19-22-9-3-2-4-10-22)28(39)34-16-6-13-26(34)30(41)36-18-8-14-27(36)31(42)35-17-7-12-25(35)29(40)33-15-5-11-23(33)20-37/h2-4,9-10,20,23-27H,5-8,11-19H2,1H3,(H,32,38)/t23-,24-,25-,26-,27-/m0/s1. The molecule has 4 aliphatic heterocycles. The van der Waals surface area contributed by atoms with Gasteiger partial charge in [0.2, 0.25) is 29.5 Å². The van der Waals surface area contributed by atoms with Gasteiger partial charge in [0.05, 0.1) is 6.04 Å². The van der Waals surface area contributed by atoms with Crippen molar-refractivity contribution in [2.75, 3.05) is 26.2 Å². The van der Waals surface area contributed by atoms with Gasteiger partial charge < -0.3 is 29.7 Å². The molecule has 42 heavy (non-hydrogen) atoms. The van der Waals surface area contributed by atoms with E-state index in [4.69, 9.17) is 0 Å². The fraction of sp³-hybridized carbons (Fsp3) is 0.613. The lowest BCUT2D eigenvalue weighted by Gasteiger charge is -2.35. The van der Waals surface area contributed by atoms with Crippen LogP contribution < -0.4 is 5.32 Å². The average molecular weight is 580 g/mol. The smallest absolute Gasteiger partial charge is 0.246 e. The highest BCUT2D eigenvalue weighted by Gasteiger charge is 2.47. The van der Waals surface area contributed by atoms with E-state index in [0.29, 0.717) is 77.5 Å². The molecule has 0 spiro atoms. The Morgan fingerprint density at radius 3 is 1.76 bits per heavy atom. The lowest BCUT2D eigenvalue weighted by atomic mass is 10.0. The number of carbonyl (C=O) groups is 6. The van der Waals surface area contributed by atoms with E-state index >= 15 is 0 Å². The third-order valence-corrected chi connectivity index (χ3v) is 9.16. The molecule has 1 aromatic rings. The quantitative estimate of drug-likeness (QED) is 0.456. The van der Waals surface area contributed by atoms with Crippen LogP contribution in [0, 0.1) is 0 Å². The summed E-state index contributed by atoms with van der Waals surface area (Å²) in [4.78, 5) is 84.8. The molecule has 0 aliphatic carbocycles. The molecule has 4 heterocycles. The van der Waals surface area contributed by atoms with Crippen LogP contribution in [0.5, 0.6) is 0 Å². The van der Waals surface area contributed by atoms with Gasteiger partial charge in [0.1, 0.15) is 30.5 Å². The maximum absolute atomic E-state index is 14.0. The largest absolute Gasteiger partial charge is 0.344 e. The molecule has 11 heteroatoms. The summed E-state index contributed by atoms with van der Waals surface area (Å²) < 4.78 is 0. The summed E-state index contributed by atoms with van der Waals surface area (Å²) in [6.45, 7) is 3.16. The van der Waals surface area contributed by atoms with Gasteiger partial charge in [-0.1, -0.05) is 30.3 Å². The van der Waals surface area contributed by atoms with Gasteiger partial charge in [-0.3, -0.25) is 24.0 Å². The van der Waals surface area contributed by atoms with E-state index in [1.165, 1.54) is 6.92 Å². The van der Waals surface area contributed by atoms with Gasteiger partial charge in [-0.15, -0.1) is 0 Å². The fourth-order valence-electron chi connectivity index (χ4n) is 7.14. The topological polar surface area (TPSA) is 127 Å². The van der Waals surface area contributed by atoms with Crippen LogP contribution in [-0.2, 0) is 35.2 Å². The summed E-state index contributed by atoms with van der Waals surface area (Å²) in [6.07, 6.45) is 6.10. The summed E-state index contributed by atoms with van der Waals surface area (Å²) in [5.41, 5.74) is 0.903. The third-order valence-electron chi connectivity index (χ3n) is 9.16. The number of rotatable bonds is 8. The van der Waals surface area contributed by atoms with Crippen LogP contribution in [0.1, 0.15) is 63.9 Å². The lowest BCUT2D eigenvalue weighted by molar-refractivity contribution is -0.152. The minimum atomic E-state index is -0.800. The Morgan fingerprint density at radius 1 is 0.738 bits per heavy atom. The maximum atomic E-state index is 14.0. The molecule has 4 aliphatic rings. The van der Waals surface area contributed by atoms with E-state index in [2.05, 4.69) is 5.32 Å². The first-order valence-electron chi connectivity index (χ1n) is 15.3. The molecule has 4 saturated heterocycles. The van der Waals surface area contributed by atoms with Crippen molar-refractivity contribution in [1.29, 1.82) is 0 Å². The number of hydrogen-bond acceptors (Lipinski definition) is 6. The fourth-order valence-corrected chi connectivity index (χ4v) is 7.14. The van der Waals surface area contributed by atoms with E-state index < -0.39 is 30.2 Å². The Bertz CT molecular complexity index is 1210. The Balaban J connectivity index is 1.28. The molecular formula is C31H41N5O6. The molecule has 1 aromatic carbocycles. The Labute approximate surface area is 246 Å². The summed E-state index contributed by atoms with van der Waals surface area (Å²) in [6, 6.07) is 6.20. The van der Waals surface area contributed by atoms with Crippen LogP contribution in [0.15, 0.2) is 30.3 Å². The van der Waals surface area contributed by atoms with Crippen LogP contribution >= 0.6 is 0 Å². The number of hydrogen-bond donors (Lipinski definition) is 1. The second kappa shape index (κ2) is 13.0. The predicted molar refractivity (Wildman–Crippen MR) is 153 cm³/mol. The minimum absolute atomic E-state index is 0.179. The van der Waals surface area contributed by atoms with Crippen molar-refractivity contribution < 1.29 is 28.8 Å². The molecule has 5 atom stereocenters. The first-order chi connectivity index (χ1) is 20.3. The summed E-state index contributed by atoms with van der Waals surface area (Å²) >= 11 is 0.